The molecule has 2 heteroatoms. The van der Waals surface area contributed by atoms with Gasteiger partial charge in [0.25, 0.3) is 0 Å². The Morgan fingerprint density at radius 3 is 2.48 bits per heavy atom. The lowest BCUT2D eigenvalue weighted by Gasteiger charge is -2.07. The Bertz CT molecular complexity index is 779. The summed E-state index contributed by atoms with van der Waals surface area (Å²) in [7, 11) is 0. The van der Waals surface area contributed by atoms with Gasteiger partial charge in [-0.25, -0.2) is 0 Å². The lowest BCUT2D eigenvalue weighted by molar-refractivity contribution is 0.798. The standard InChI is InChI=1S/C21H22N2/c1-16-9-10-19(14-17(16)2)21-15-18(11-13-23-21)6-5-8-20-7-3-4-12-22-20/h3-4,7,9-15H,5-6,8H2,1-2H3. The molecule has 0 fully saturated rings. The number of hydrogen-bond acceptors (Lipinski definition) is 2. The van der Waals surface area contributed by atoms with Crippen molar-refractivity contribution >= 4 is 0 Å². The number of pyridine rings is 2. The van der Waals surface area contributed by atoms with Gasteiger partial charge in [-0.3, -0.25) is 9.97 Å². The van der Waals surface area contributed by atoms with Crippen molar-refractivity contribution < 1.29 is 0 Å². The van der Waals surface area contributed by atoms with Gasteiger partial charge in [0.1, 0.15) is 0 Å². The van der Waals surface area contributed by atoms with E-state index in [4.69, 9.17) is 0 Å². The van der Waals surface area contributed by atoms with Gasteiger partial charge in [-0.15, -0.1) is 0 Å². The van der Waals surface area contributed by atoms with Gasteiger partial charge in [0.15, 0.2) is 0 Å². The summed E-state index contributed by atoms with van der Waals surface area (Å²) in [6.07, 6.45) is 6.95. The van der Waals surface area contributed by atoms with Crippen LogP contribution in [0.3, 0.4) is 0 Å². The van der Waals surface area contributed by atoms with E-state index in [1.54, 1.807) is 0 Å². The molecule has 23 heavy (non-hydrogen) atoms. The Morgan fingerprint density at radius 2 is 1.70 bits per heavy atom. The first kappa shape index (κ1) is 15.4. The highest BCUT2D eigenvalue weighted by Crippen LogP contribution is 2.21. The molecule has 0 atom stereocenters. The Morgan fingerprint density at radius 1 is 0.783 bits per heavy atom. The van der Waals surface area contributed by atoms with Crippen molar-refractivity contribution in [3.05, 3.63) is 83.3 Å². The van der Waals surface area contributed by atoms with Gasteiger partial charge in [-0.05, 0) is 80.1 Å². The van der Waals surface area contributed by atoms with Crippen LogP contribution in [0.25, 0.3) is 11.3 Å². The zero-order valence-corrected chi connectivity index (χ0v) is 13.8. The van der Waals surface area contributed by atoms with Crippen molar-refractivity contribution in [3.8, 4) is 11.3 Å². The monoisotopic (exact) mass is 302 g/mol. The molecule has 0 saturated carbocycles. The fourth-order valence-corrected chi connectivity index (χ4v) is 2.71. The normalized spacial score (nSPS) is 10.7. The van der Waals surface area contributed by atoms with E-state index in [9.17, 15) is 0 Å². The molecule has 0 radical (unpaired) electrons. The molecule has 2 nitrogen and oxygen atoms in total. The second-order valence-corrected chi connectivity index (χ2v) is 6.02. The molecule has 0 amide bonds. The molecule has 2 aromatic heterocycles. The van der Waals surface area contributed by atoms with Crippen LogP contribution in [0.2, 0.25) is 0 Å². The predicted octanol–water partition coefficient (Wildman–Crippen LogP) is 4.94. The van der Waals surface area contributed by atoms with Crippen molar-refractivity contribution in [2.45, 2.75) is 33.1 Å². The Hall–Kier alpha value is -2.48. The highest BCUT2D eigenvalue weighted by Gasteiger charge is 2.03. The molecule has 0 spiro atoms. The summed E-state index contributed by atoms with van der Waals surface area (Å²) in [5, 5.41) is 0. The van der Waals surface area contributed by atoms with Crippen LogP contribution in [0, 0.1) is 13.8 Å². The molecule has 2 heterocycles. The van der Waals surface area contributed by atoms with Crippen molar-refractivity contribution in [2.75, 3.05) is 0 Å². The quantitative estimate of drug-likeness (QED) is 0.667. The Balaban J connectivity index is 1.68. The van der Waals surface area contributed by atoms with E-state index >= 15 is 0 Å². The minimum Gasteiger partial charge on any atom is -0.261 e. The minimum absolute atomic E-state index is 1.02. The molecule has 0 aliphatic heterocycles. The van der Waals surface area contributed by atoms with Crippen LogP contribution in [0.15, 0.2) is 60.9 Å². The highest BCUT2D eigenvalue weighted by atomic mass is 14.7. The van der Waals surface area contributed by atoms with Crippen molar-refractivity contribution in [1.82, 2.24) is 9.97 Å². The third kappa shape index (κ3) is 4.04. The molecule has 0 unspecified atom stereocenters. The smallest absolute Gasteiger partial charge is 0.0704 e. The molecule has 0 aliphatic rings. The van der Waals surface area contributed by atoms with Crippen LogP contribution in [-0.2, 0) is 12.8 Å². The van der Waals surface area contributed by atoms with Crippen LogP contribution >= 0.6 is 0 Å². The number of nitrogens with zero attached hydrogens (tertiary/aromatic N) is 2. The maximum absolute atomic E-state index is 4.53. The molecular weight excluding hydrogens is 280 g/mol. The van der Waals surface area contributed by atoms with Gasteiger partial charge < -0.3 is 0 Å². The zero-order chi connectivity index (χ0) is 16.1. The molecule has 0 N–H and O–H groups in total. The molecule has 0 aliphatic carbocycles. The first-order valence-corrected chi connectivity index (χ1v) is 8.15. The van der Waals surface area contributed by atoms with Crippen LogP contribution in [0.4, 0.5) is 0 Å². The summed E-state index contributed by atoms with van der Waals surface area (Å²) < 4.78 is 0. The van der Waals surface area contributed by atoms with E-state index in [0.717, 1.165) is 30.7 Å². The molecule has 0 saturated heterocycles. The van der Waals surface area contributed by atoms with Gasteiger partial charge in [-0.2, -0.15) is 0 Å². The first-order chi connectivity index (χ1) is 11.2. The molecule has 0 bridgehead atoms. The second kappa shape index (κ2) is 7.19. The lowest BCUT2D eigenvalue weighted by atomic mass is 10.0. The molecule has 116 valence electrons. The number of aryl methyl sites for hydroxylation is 4. The Kier molecular flexibility index (Phi) is 4.82. The average Bonchev–Trinajstić information content (AvgIpc) is 2.59. The van der Waals surface area contributed by atoms with E-state index in [-0.39, 0.29) is 0 Å². The van der Waals surface area contributed by atoms with E-state index in [0.29, 0.717) is 0 Å². The number of hydrogen-bond donors (Lipinski definition) is 0. The topological polar surface area (TPSA) is 25.8 Å². The minimum atomic E-state index is 1.02. The molecule has 1 aromatic carbocycles. The first-order valence-electron chi connectivity index (χ1n) is 8.15. The third-order valence-electron chi connectivity index (χ3n) is 4.25. The third-order valence-corrected chi connectivity index (χ3v) is 4.25. The van der Waals surface area contributed by atoms with E-state index in [1.165, 1.54) is 22.3 Å². The summed E-state index contributed by atoms with van der Waals surface area (Å²) in [6, 6.07) is 17.0. The lowest BCUT2D eigenvalue weighted by Crippen LogP contribution is -1.94. The van der Waals surface area contributed by atoms with Gasteiger partial charge >= 0.3 is 0 Å². The summed E-state index contributed by atoms with van der Waals surface area (Å²) in [5.74, 6) is 0. The molecule has 3 aromatic rings. The number of benzene rings is 1. The summed E-state index contributed by atoms with van der Waals surface area (Å²) in [5.41, 5.74) is 7.38. The van der Waals surface area contributed by atoms with E-state index in [1.807, 2.05) is 24.5 Å². The van der Waals surface area contributed by atoms with Crippen LogP contribution in [0.5, 0.6) is 0 Å². The fourth-order valence-electron chi connectivity index (χ4n) is 2.71. The maximum atomic E-state index is 4.53. The maximum Gasteiger partial charge on any atom is 0.0704 e. The Labute approximate surface area is 138 Å². The number of rotatable bonds is 5. The van der Waals surface area contributed by atoms with Gasteiger partial charge in [-0.1, -0.05) is 18.2 Å². The number of aromatic nitrogens is 2. The van der Waals surface area contributed by atoms with Crippen molar-refractivity contribution in [2.24, 2.45) is 0 Å². The average molecular weight is 302 g/mol. The highest BCUT2D eigenvalue weighted by molar-refractivity contribution is 5.61. The van der Waals surface area contributed by atoms with Crippen LogP contribution < -0.4 is 0 Å². The van der Waals surface area contributed by atoms with Crippen LogP contribution in [-0.4, -0.2) is 9.97 Å². The van der Waals surface area contributed by atoms with E-state index < -0.39 is 0 Å². The van der Waals surface area contributed by atoms with Gasteiger partial charge in [0, 0.05) is 23.7 Å². The summed E-state index contributed by atoms with van der Waals surface area (Å²) in [4.78, 5) is 8.91. The SMILES string of the molecule is Cc1ccc(-c2cc(CCCc3ccccn3)ccn2)cc1C. The molecular formula is C21H22N2. The van der Waals surface area contributed by atoms with Gasteiger partial charge in [0.2, 0.25) is 0 Å². The van der Waals surface area contributed by atoms with E-state index in [2.05, 4.69) is 60.2 Å². The van der Waals surface area contributed by atoms with Crippen LogP contribution in [0.1, 0.15) is 28.8 Å². The zero-order valence-electron chi connectivity index (χ0n) is 13.8. The predicted molar refractivity (Wildman–Crippen MR) is 95.4 cm³/mol. The second-order valence-electron chi connectivity index (χ2n) is 6.02. The molecule has 3 rings (SSSR count). The van der Waals surface area contributed by atoms with Gasteiger partial charge in [0.05, 0.1) is 5.69 Å². The summed E-state index contributed by atoms with van der Waals surface area (Å²) >= 11 is 0. The van der Waals surface area contributed by atoms with Crippen molar-refractivity contribution in [3.63, 3.8) is 0 Å². The largest absolute Gasteiger partial charge is 0.261 e. The summed E-state index contributed by atoms with van der Waals surface area (Å²) in [6.45, 7) is 4.29. The van der Waals surface area contributed by atoms with Crippen molar-refractivity contribution in [1.29, 1.82) is 0 Å². The fraction of sp³-hybridized carbons (Fsp3) is 0.238.